The van der Waals surface area contributed by atoms with Crippen LogP contribution in [0.3, 0.4) is 0 Å². The van der Waals surface area contributed by atoms with E-state index in [0.29, 0.717) is 12.1 Å². The van der Waals surface area contributed by atoms with Gasteiger partial charge in [0.15, 0.2) is 5.11 Å². The number of phenols is 1. The highest BCUT2D eigenvalue weighted by molar-refractivity contribution is 7.80. The number of carbonyl (C=O) groups is 1. The Labute approximate surface area is 155 Å². The first-order chi connectivity index (χ1) is 10.6. The molecule has 0 aliphatic carbocycles. The van der Waals surface area contributed by atoms with Crippen LogP contribution in [0.5, 0.6) is 5.75 Å². The molecule has 23 heavy (non-hydrogen) atoms. The second kappa shape index (κ2) is 8.78. The summed E-state index contributed by atoms with van der Waals surface area (Å²) in [6.07, 6.45) is -0.687. The van der Waals surface area contributed by atoms with Gasteiger partial charge in [-0.05, 0) is 42.4 Å². The Morgan fingerprint density at radius 1 is 1.22 bits per heavy atom. The summed E-state index contributed by atoms with van der Waals surface area (Å²) >= 11 is 22.8. The molecular weight excluding hydrogens is 381 g/mol. The van der Waals surface area contributed by atoms with Crippen LogP contribution >= 0.6 is 47.0 Å². The summed E-state index contributed by atoms with van der Waals surface area (Å²) in [5.74, 6) is 0.0545. The van der Waals surface area contributed by atoms with Crippen LogP contribution in [0.4, 0.5) is 5.69 Å². The van der Waals surface area contributed by atoms with E-state index in [1.54, 1.807) is 12.1 Å². The molecule has 0 aliphatic rings. The molecule has 128 valence electrons. The van der Waals surface area contributed by atoms with Crippen LogP contribution in [0.15, 0.2) is 24.3 Å². The largest absolute Gasteiger partial charge is 0.508 e. The molecule has 1 unspecified atom stereocenters. The van der Waals surface area contributed by atoms with Crippen molar-refractivity contribution in [3.05, 3.63) is 24.3 Å². The van der Waals surface area contributed by atoms with Gasteiger partial charge in [-0.2, -0.15) is 0 Å². The maximum Gasteiger partial charge on any atom is 0.228 e. The Bertz CT molecular complexity index is 547. The molecule has 1 rings (SSSR count). The van der Waals surface area contributed by atoms with Crippen molar-refractivity contribution < 1.29 is 9.90 Å². The molecule has 9 heteroatoms. The van der Waals surface area contributed by atoms with E-state index in [9.17, 15) is 9.90 Å². The fraction of sp³-hybridized carbons (Fsp3) is 0.429. The second-order valence-corrected chi connectivity index (χ2v) is 8.06. The summed E-state index contributed by atoms with van der Waals surface area (Å²) in [5.41, 5.74) is 0.636. The molecule has 1 aromatic carbocycles. The van der Waals surface area contributed by atoms with E-state index in [4.69, 9.17) is 47.0 Å². The van der Waals surface area contributed by atoms with E-state index in [2.05, 4.69) is 16.0 Å². The SMILES string of the molecule is CC(C)CC(=O)NC(NC(=S)Nc1ccc(O)cc1)C(Cl)(Cl)Cl. The van der Waals surface area contributed by atoms with E-state index in [0.717, 1.165) is 0 Å². The quantitative estimate of drug-likeness (QED) is 0.264. The molecule has 5 nitrogen and oxygen atoms in total. The first-order valence-electron chi connectivity index (χ1n) is 6.80. The zero-order chi connectivity index (χ0) is 17.6. The van der Waals surface area contributed by atoms with Gasteiger partial charge in [0.2, 0.25) is 9.70 Å². The standard InChI is InChI=1S/C14H18Cl3N3O2S/c1-8(2)7-11(22)19-12(14(15,16)17)20-13(23)18-9-3-5-10(21)6-4-9/h3-6,8,12,21H,7H2,1-2H3,(H,19,22)(H2,18,20,23). The number of halogens is 3. The van der Waals surface area contributed by atoms with Crippen molar-refractivity contribution in [1.29, 1.82) is 0 Å². The molecule has 1 atom stereocenters. The van der Waals surface area contributed by atoms with Crippen molar-refractivity contribution in [2.24, 2.45) is 5.92 Å². The van der Waals surface area contributed by atoms with Gasteiger partial charge in [-0.3, -0.25) is 4.79 Å². The Hall–Kier alpha value is -0.950. The van der Waals surface area contributed by atoms with E-state index in [-0.39, 0.29) is 22.7 Å². The number of thiocarbonyl (C=S) groups is 1. The lowest BCUT2D eigenvalue weighted by Gasteiger charge is -2.28. The third kappa shape index (κ3) is 7.92. The van der Waals surface area contributed by atoms with Gasteiger partial charge in [0, 0.05) is 12.1 Å². The summed E-state index contributed by atoms with van der Waals surface area (Å²) in [7, 11) is 0. The Morgan fingerprint density at radius 3 is 2.26 bits per heavy atom. The van der Waals surface area contributed by atoms with Crippen molar-refractivity contribution in [3.63, 3.8) is 0 Å². The number of nitrogens with one attached hydrogen (secondary N) is 3. The highest BCUT2D eigenvalue weighted by Crippen LogP contribution is 2.29. The molecule has 0 fully saturated rings. The topological polar surface area (TPSA) is 73.4 Å². The highest BCUT2D eigenvalue weighted by atomic mass is 35.6. The van der Waals surface area contributed by atoms with Crippen molar-refractivity contribution in [3.8, 4) is 5.75 Å². The van der Waals surface area contributed by atoms with Crippen LogP contribution in [-0.4, -0.2) is 26.1 Å². The first kappa shape index (κ1) is 20.1. The monoisotopic (exact) mass is 397 g/mol. The number of alkyl halides is 3. The van der Waals surface area contributed by atoms with Crippen LogP contribution in [0.2, 0.25) is 0 Å². The molecule has 0 spiro atoms. The number of phenolic OH excluding ortho intramolecular Hbond substituents is 1. The molecule has 4 N–H and O–H groups in total. The predicted octanol–water partition coefficient (Wildman–Crippen LogP) is 3.54. The Balaban J connectivity index is 2.67. The van der Waals surface area contributed by atoms with E-state index >= 15 is 0 Å². The maximum atomic E-state index is 11.9. The lowest BCUT2D eigenvalue weighted by molar-refractivity contribution is -0.122. The molecule has 0 bridgehead atoms. The number of rotatable bonds is 5. The Kier molecular flexibility index (Phi) is 7.67. The van der Waals surface area contributed by atoms with Crippen molar-refractivity contribution >= 4 is 63.7 Å². The fourth-order valence-electron chi connectivity index (χ4n) is 1.63. The van der Waals surface area contributed by atoms with E-state index in [1.165, 1.54) is 12.1 Å². The second-order valence-electron chi connectivity index (χ2n) is 5.29. The smallest absolute Gasteiger partial charge is 0.228 e. The summed E-state index contributed by atoms with van der Waals surface area (Å²) in [6, 6.07) is 6.26. The molecule has 0 aromatic heterocycles. The third-order valence-electron chi connectivity index (χ3n) is 2.63. The summed E-state index contributed by atoms with van der Waals surface area (Å²) in [4.78, 5) is 11.9. The van der Waals surface area contributed by atoms with Gasteiger partial charge in [-0.25, -0.2) is 0 Å². The van der Waals surface area contributed by atoms with Gasteiger partial charge in [0.1, 0.15) is 11.9 Å². The summed E-state index contributed by atoms with van der Waals surface area (Å²) in [5, 5.41) is 17.6. The number of benzene rings is 1. The van der Waals surface area contributed by atoms with Gasteiger partial charge in [0.25, 0.3) is 0 Å². The van der Waals surface area contributed by atoms with Crippen LogP contribution in [0.25, 0.3) is 0 Å². The van der Waals surface area contributed by atoms with Crippen molar-refractivity contribution in [2.45, 2.75) is 30.2 Å². The van der Waals surface area contributed by atoms with Gasteiger partial charge < -0.3 is 21.1 Å². The molecule has 0 saturated carbocycles. The van der Waals surface area contributed by atoms with Crippen LogP contribution in [0, 0.1) is 5.92 Å². The molecule has 1 amide bonds. The molecular formula is C14H18Cl3N3O2S. The lowest BCUT2D eigenvalue weighted by atomic mass is 10.1. The number of carbonyl (C=O) groups excluding carboxylic acids is 1. The fourth-order valence-corrected chi connectivity index (χ4v) is 2.20. The van der Waals surface area contributed by atoms with Crippen LogP contribution in [-0.2, 0) is 4.79 Å². The van der Waals surface area contributed by atoms with Crippen LogP contribution in [0.1, 0.15) is 20.3 Å². The number of amides is 1. The zero-order valence-corrected chi connectivity index (χ0v) is 15.7. The molecule has 1 aromatic rings. The van der Waals surface area contributed by atoms with E-state index < -0.39 is 9.96 Å². The lowest BCUT2D eigenvalue weighted by Crippen LogP contribution is -2.56. The first-order valence-corrected chi connectivity index (χ1v) is 8.34. The minimum atomic E-state index is -1.78. The van der Waals surface area contributed by atoms with Crippen molar-refractivity contribution in [1.82, 2.24) is 10.6 Å². The minimum absolute atomic E-state index is 0.134. The number of hydrogen-bond donors (Lipinski definition) is 4. The summed E-state index contributed by atoms with van der Waals surface area (Å²) < 4.78 is -1.78. The Morgan fingerprint density at radius 2 is 1.78 bits per heavy atom. The maximum absolute atomic E-state index is 11.9. The molecule has 0 saturated heterocycles. The van der Waals surface area contributed by atoms with Gasteiger partial charge in [0.05, 0.1) is 0 Å². The molecule has 0 heterocycles. The van der Waals surface area contributed by atoms with Crippen LogP contribution < -0.4 is 16.0 Å². The summed E-state index contributed by atoms with van der Waals surface area (Å²) in [6.45, 7) is 3.82. The molecule has 0 aliphatic heterocycles. The van der Waals surface area contributed by atoms with Gasteiger partial charge in [-0.1, -0.05) is 48.7 Å². The average molecular weight is 399 g/mol. The third-order valence-corrected chi connectivity index (χ3v) is 3.50. The number of anilines is 1. The van der Waals surface area contributed by atoms with Crippen molar-refractivity contribution in [2.75, 3.05) is 5.32 Å². The number of hydrogen-bond acceptors (Lipinski definition) is 3. The van der Waals surface area contributed by atoms with Gasteiger partial charge >= 0.3 is 0 Å². The average Bonchev–Trinajstić information content (AvgIpc) is 2.38. The van der Waals surface area contributed by atoms with Gasteiger partial charge in [-0.15, -0.1) is 0 Å². The van der Waals surface area contributed by atoms with E-state index in [1.807, 2.05) is 13.8 Å². The zero-order valence-electron chi connectivity index (χ0n) is 12.6. The normalized spacial score (nSPS) is 12.6. The molecule has 0 radical (unpaired) electrons. The highest BCUT2D eigenvalue weighted by Gasteiger charge is 2.34. The minimum Gasteiger partial charge on any atom is -0.508 e. The predicted molar refractivity (Wildman–Crippen MR) is 99.1 cm³/mol. The number of aromatic hydroxyl groups is 1.